The second kappa shape index (κ2) is 7.54. The van der Waals surface area contributed by atoms with Crippen LogP contribution in [0, 0.1) is 6.92 Å². The molecule has 1 N–H and O–H groups in total. The van der Waals surface area contributed by atoms with Gasteiger partial charge in [0.05, 0.1) is 6.20 Å². The molecule has 1 fully saturated rings. The lowest BCUT2D eigenvalue weighted by molar-refractivity contribution is 0.173. The Morgan fingerprint density at radius 2 is 2.00 bits per heavy atom. The smallest absolute Gasteiger partial charge is 0.0568 e. The first-order valence-corrected chi connectivity index (χ1v) is 9.92. The summed E-state index contributed by atoms with van der Waals surface area (Å²) in [4.78, 5) is 2.64. The van der Waals surface area contributed by atoms with Gasteiger partial charge in [0.2, 0.25) is 0 Å². The average molecular weight is 330 g/mol. The summed E-state index contributed by atoms with van der Waals surface area (Å²) in [5, 5.41) is 7.65. The highest BCUT2D eigenvalue weighted by Crippen LogP contribution is 2.35. The number of H-pyrrole nitrogens is 1. The second-order valence-corrected chi connectivity index (χ2v) is 7.54. The van der Waals surface area contributed by atoms with E-state index in [1.54, 1.807) is 0 Å². The van der Waals surface area contributed by atoms with Crippen LogP contribution in [-0.4, -0.2) is 46.2 Å². The van der Waals surface area contributed by atoms with Gasteiger partial charge < -0.3 is 0 Å². The standard InChI is InChI=1S/C19H27N3S/c1-14-6-4-5-7-17(14)18-12-20-21-19(18)16-8-10-22(11-9-16)15(2)13-23-3/h4-7,12,15-16H,8-11,13H2,1-3H3,(H,20,21). The number of thioether (sulfide) groups is 1. The van der Waals surface area contributed by atoms with E-state index in [2.05, 4.69) is 59.5 Å². The first-order chi connectivity index (χ1) is 11.2. The quantitative estimate of drug-likeness (QED) is 0.887. The van der Waals surface area contributed by atoms with E-state index in [9.17, 15) is 0 Å². The van der Waals surface area contributed by atoms with Crippen LogP contribution >= 0.6 is 11.8 Å². The van der Waals surface area contributed by atoms with Gasteiger partial charge in [-0.15, -0.1) is 0 Å². The predicted octanol–water partition coefficient (Wildman–Crippen LogP) is 4.32. The van der Waals surface area contributed by atoms with Gasteiger partial charge in [0.1, 0.15) is 0 Å². The minimum absolute atomic E-state index is 0.602. The minimum Gasteiger partial charge on any atom is -0.300 e. The summed E-state index contributed by atoms with van der Waals surface area (Å²) in [7, 11) is 0. The third-order valence-corrected chi connectivity index (χ3v) is 5.89. The van der Waals surface area contributed by atoms with Gasteiger partial charge in [0.25, 0.3) is 0 Å². The molecule has 3 nitrogen and oxygen atoms in total. The van der Waals surface area contributed by atoms with Crippen molar-refractivity contribution in [3.63, 3.8) is 0 Å². The van der Waals surface area contributed by atoms with Crippen molar-refractivity contribution in [3.8, 4) is 11.1 Å². The number of aryl methyl sites for hydroxylation is 1. The Morgan fingerprint density at radius 3 is 2.70 bits per heavy atom. The highest BCUT2D eigenvalue weighted by molar-refractivity contribution is 7.98. The van der Waals surface area contributed by atoms with Crippen LogP contribution in [0.5, 0.6) is 0 Å². The van der Waals surface area contributed by atoms with Crippen molar-refractivity contribution < 1.29 is 0 Å². The molecule has 0 bridgehead atoms. The Labute approximate surface area is 143 Å². The van der Waals surface area contributed by atoms with Gasteiger partial charge in [0, 0.05) is 29.0 Å². The number of hydrogen-bond acceptors (Lipinski definition) is 3. The fraction of sp³-hybridized carbons (Fsp3) is 0.526. The van der Waals surface area contributed by atoms with E-state index in [-0.39, 0.29) is 0 Å². The molecule has 1 aliphatic rings. The van der Waals surface area contributed by atoms with Gasteiger partial charge in [-0.3, -0.25) is 10.00 Å². The Hall–Kier alpha value is -1.26. The third-order valence-electron chi connectivity index (χ3n) is 5.07. The van der Waals surface area contributed by atoms with E-state index in [0.29, 0.717) is 12.0 Å². The summed E-state index contributed by atoms with van der Waals surface area (Å²) in [5.74, 6) is 1.83. The molecule has 1 saturated heterocycles. The number of benzene rings is 1. The van der Waals surface area contributed by atoms with Crippen molar-refractivity contribution in [2.24, 2.45) is 0 Å². The number of hydrogen-bond donors (Lipinski definition) is 1. The molecular formula is C19H27N3S. The lowest BCUT2D eigenvalue weighted by Gasteiger charge is -2.35. The van der Waals surface area contributed by atoms with Crippen molar-refractivity contribution in [1.82, 2.24) is 15.1 Å². The van der Waals surface area contributed by atoms with Gasteiger partial charge in [-0.25, -0.2) is 0 Å². The van der Waals surface area contributed by atoms with Crippen molar-refractivity contribution in [3.05, 3.63) is 41.7 Å². The van der Waals surface area contributed by atoms with Crippen LogP contribution in [-0.2, 0) is 0 Å². The SMILES string of the molecule is CSCC(C)N1CCC(c2[nH]ncc2-c2ccccc2C)CC1. The monoisotopic (exact) mass is 329 g/mol. The maximum atomic E-state index is 4.36. The van der Waals surface area contributed by atoms with Crippen molar-refractivity contribution in [2.75, 3.05) is 25.1 Å². The Bertz CT molecular complexity index is 629. The molecular weight excluding hydrogens is 302 g/mol. The zero-order chi connectivity index (χ0) is 16.2. The van der Waals surface area contributed by atoms with Gasteiger partial charge in [-0.2, -0.15) is 16.9 Å². The van der Waals surface area contributed by atoms with Gasteiger partial charge in [-0.05, 0) is 57.2 Å². The number of aromatic nitrogens is 2. The number of rotatable bonds is 5. The predicted molar refractivity (Wildman–Crippen MR) is 100 cm³/mol. The molecule has 0 saturated carbocycles. The van der Waals surface area contributed by atoms with E-state index in [0.717, 1.165) is 0 Å². The molecule has 1 aromatic heterocycles. The van der Waals surface area contributed by atoms with Crippen LogP contribution in [0.1, 0.15) is 36.9 Å². The van der Waals surface area contributed by atoms with Crippen molar-refractivity contribution in [2.45, 2.75) is 38.6 Å². The molecule has 0 amide bonds. The maximum Gasteiger partial charge on any atom is 0.0568 e. The molecule has 124 valence electrons. The topological polar surface area (TPSA) is 31.9 Å². The van der Waals surface area contributed by atoms with Gasteiger partial charge >= 0.3 is 0 Å². The minimum atomic E-state index is 0.602. The average Bonchev–Trinajstić information content (AvgIpc) is 3.05. The van der Waals surface area contributed by atoms with Crippen LogP contribution in [0.3, 0.4) is 0 Å². The van der Waals surface area contributed by atoms with Crippen LogP contribution in [0.25, 0.3) is 11.1 Å². The molecule has 1 aromatic carbocycles. The van der Waals surface area contributed by atoms with E-state index >= 15 is 0 Å². The molecule has 4 heteroatoms. The normalized spacial score (nSPS) is 18.2. The lowest BCUT2D eigenvalue weighted by atomic mass is 9.88. The summed E-state index contributed by atoms with van der Waals surface area (Å²) in [6.45, 7) is 6.92. The Kier molecular flexibility index (Phi) is 5.44. The molecule has 0 aliphatic carbocycles. The summed E-state index contributed by atoms with van der Waals surface area (Å²) >= 11 is 1.95. The van der Waals surface area contributed by atoms with Crippen molar-refractivity contribution >= 4 is 11.8 Å². The van der Waals surface area contributed by atoms with Gasteiger partial charge in [-0.1, -0.05) is 24.3 Å². The molecule has 1 unspecified atom stereocenters. The van der Waals surface area contributed by atoms with E-state index < -0.39 is 0 Å². The molecule has 2 aromatic rings. The molecule has 1 atom stereocenters. The van der Waals surface area contributed by atoms with Crippen LogP contribution in [0.15, 0.2) is 30.5 Å². The maximum absolute atomic E-state index is 4.36. The molecule has 0 radical (unpaired) electrons. The van der Waals surface area contributed by atoms with E-state index in [4.69, 9.17) is 0 Å². The molecule has 23 heavy (non-hydrogen) atoms. The lowest BCUT2D eigenvalue weighted by Crippen LogP contribution is -2.40. The van der Waals surface area contributed by atoms with E-state index in [1.807, 2.05) is 18.0 Å². The number of piperidine rings is 1. The largest absolute Gasteiger partial charge is 0.300 e. The molecule has 0 spiro atoms. The summed E-state index contributed by atoms with van der Waals surface area (Å²) in [6.07, 6.45) is 6.64. The second-order valence-electron chi connectivity index (χ2n) is 6.63. The molecule has 2 heterocycles. The Balaban J connectivity index is 1.73. The summed E-state index contributed by atoms with van der Waals surface area (Å²) in [5.41, 5.74) is 5.26. The number of aromatic amines is 1. The summed E-state index contributed by atoms with van der Waals surface area (Å²) < 4.78 is 0. The van der Waals surface area contributed by atoms with Crippen LogP contribution in [0.4, 0.5) is 0 Å². The van der Waals surface area contributed by atoms with Crippen LogP contribution in [0.2, 0.25) is 0 Å². The molecule has 3 rings (SSSR count). The highest BCUT2D eigenvalue weighted by atomic mass is 32.2. The number of nitrogens with one attached hydrogen (secondary N) is 1. The Morgan fingerprint density at radius 1 is 1.26 bits per heavy atom. The van der Waals surface area contributed by atoms with E-state index in [1.165, 1.54) is 54.1 Å². The van der Waals surface area contributed by atoms with Gasteiger partial charge in [0.15, 0.2) is 0 Å². The number of likely N-dealkylation sites (tertiary alicyclic amines) is 1. The third kappa shape index (κ3) is 3.64. The molecule has 1 aliphatic heterocycles. The highest BCUT2D eigenvalue weighted by Gasteiger charge is 2.26. The summed E-state index contributed by atoms with van der Waals surface area (Å²) in [6, 6.07) is 9.29. The fourth-order valence-corrected chi connectivity index (χ4v) is 4.37. The number of nitrogens with zero attached hydrogens (tertiary/aromatic N) is 2. The zero-order valence-corrected chi connectivity index (χ0v) is 15.2. The van der Waals surface area contributed by atoms with Crippen molar-refractivity contribution in [1.29, 1.82) is 0 Å². The first-order valence-electron chi connectivity index (χ1n) is 8.53. The van der Waals surface area contributed by atoms with Crippen LogP contribution < -0.4 is 0 Å². The zero-order valence-electron chi connectivity index (χ0n) is 14.4. The fourth-order valence-electron chi connectivity index (χ4n) is 3.67. The first kappa shape index (κ1) is 16.6.